The van der Waals surface area contributed by atoms with Gasteiger partial charge in [-0.3, -0.25) is 0 Å². The maximum absolute atomic E-state index is 13.0. The highest BCUT2D eigenvalue weighted by Gasteiger charge is 2.33. The summed E-state index contributed by atoms with van der Waals surface area (Å²) in [5, 5.41) is 18.6. The first-order valence-electron chi connectivity index (χ1n) is 12.6. The van der Waals surface area contributed by atoms with Crippen molar-refractivity contribution in [1.29, 1.82) is 10.5 Å². The molecule has 0 unspecified atom stereocenters. The van der Waals surface area contributed by atoms with Gasteiger partial charge in [-0.15, -0.1) is 0 Å². The highest BCUT2D eigenvalue weighted by Crippen LogP contribution is 2.32. The second kappa shape index (κ2) is 11.1. The number of benzene rings is 3. The zero-order valence-electron chi connectivity index (χ0n) is 21.6. The number of fused-ring (bicyclic) bond motifs is 1. The molecule has 0 saturated carbocycles. The first-order valence-corrected chi connectivity index (χ1v) is 14.5. The van der Waals surface area contributed by atoms with Gasteiger partial charge >= 0.3 is 0 Å². The summed E-state index contributed by atoms with van der Waals surface area (Å²) in [6, 6.07) is 26.9. The van der Waals surface area contributed by atoms with Crippen molar-refractivity contribution in [3.05, 3.63) is 119 Å². The number of imidazole rings is 1. The van der Waals surface area contributed by atoms with Crippen LogP contribution in [-0.4, -0.2) is 41.1 Å². The van der Waals surface area contributed by atoms with Crippen molar-refractivity contribution < 1.29 is 8.42 Å². The molecule has 3 aromatic carbocycles. The molecule has 9 heteroatoms. The van der Waals surface area contributed by atoms with Gasteiger partial charge in [-0.25, -0.2) is 13.4 Å². The Morgan fingerprint density at radius 3 is 2.33 bits per heavy atom. The summed E-state index contributed by atoms with van der Waals surface area (Å²) < 4.78 is 29.7. The molecule has 1 aliphatic heterocycles. The largest absolute Gasteiger partial charge is 0.364 e. The third kappa shape index (κ3) is 6.01. The van der Waals surface area contributed by atoms with E-state index in [1.54, 1.807) is 34.9 Å². The van der Waals surface area contributed by atoms with E-state index in [9.17, 15) is 13.7 Å². The summed E-state index contributed by atoms with van der Waals surface area (Å²) in [5.41, 5.74) is 5.90. The lowest BCUT2D eigenvalue weighted by molar-refractivity contribution is 0.320. The van der Waals surface area contributed by atoms with Crippen LogP contribution >= 0.6 is 0 Å². The van der Waals surface area contributed by atoms with Crippen LogP contribution < -0.4 is 4.90 Å². The van der Waals surface area contributed by atoms with Crippen LogP contribution in [0.3, 0.4) is 0 Å². The predicted octanol–water partition coefficient (Wildman–Crippen LogP) is 4.07. The van der Waals surface area contributed by atoms with Crippen molar-refractivity contribution in [3.63, 3.8) is 0 Å². The minimum absolute atomic E-state index is 0.197. The fraction of sp³-hybridized carbons (Fsp3) is 0.233. The van der Waals surface area contributed by atoms with Gasteiger partial charge in [0.2, 0.25) is 10.0 Å². The third-order valence-electron chi connectivity index (χ3n) is 7.04. The highest BCUT2D eigenvalue weighted by molar-refractivity contribution is 7.88. The molecule has 0 aliphatic carbocycles. The number of anilines is 1. The molecule has 0 radical (unpaired) electrons. The smallest absolute Gasteiger partial charge is 0.211 e. The summed E-state index contributed by atoms with van der Waals surface area (Å²) >= 11 is 0. The molecule has 5 rings (SSSR count). The molecule has 196 valence electrons. The van der Waals surface area contributed by atoms with Gasteiger partial charge in [-0.1, -0.05) is 42.5 Å². The van der Waals surface area contributed by atoms with Crippen LogP contribution in [0.15, 0.2) is 85.3 Å². The number of hydrogen-bond donors (Lipinski definition) is 0. The number of nitrogens with zero attached hydrogens (tertiary/aromatic N) is 6. The van der Waals surface area contributed by atoms with Crippen LogP contribution in [0.5, 0.6) is 0 Å². The van der Waals surface area contributed by atoms with Gasteiger partial charge in [0.25, 0.3) is 0 Å². The lowest BCUT2D eigenvalue weighted by Gasteiger charge is -2.31. The van der Waals surface area contributed by atoms with Gasteiger partial charge < -0.3 is 9.47 Å². The van der Waals surface area contributed by atoms with E-state index in [1.807, 2.05) is 54.7 Å². The Kier molecular flexibility index (Phi) is 7.47. The average molecular weight is 537 g/mol. The van der Waals surface area contributed by atoms with E-state index in [0.29, 0.717) is 37.2 Å². The van der Waals surface area contributed by atoms with Gasteiger partial charge in [0.1, 0.15) is 0 Å². The molecule has 0 N–H and O–H groups in total. The second-order valence-corrected chi connectivity index (χ2v) is 11.7. The van der Waals surface area contributed by atoms with E-state index >= 15 is 0 Å². The Labute approximate surface area is 229 Å². The van der Waals surface area contributed by atoms with Crippen LogP contribution in [0.25, 0.3) is 0 Å². The van der Waals surface area contributed by atoms with Crippen molar-refractivity contribution >= 4 is 15.7 Å². The monoisotopic (exact) mass is 536 g/mol. The molecule has 2 heterocycles. The lowest BCUT2D eigenvalue weighted by Crippen LogP contribution is -2.45. The number of rotatable bonds is 7. The van der Waals surface area contributed by atoms with Gasteiger partial charge in [-0.05, 0) is 53.4 Å². The van der Waals surface area contributed by atoms with Gasteiger partial charge in [0, 0.05) is 37.6 Å². The summed E-state index contributed by atoms with van der Waals surface area (Å²) in [4.78, 5) is 6.60. The molecule has 1 aliphatic rings. The fourth-order valence-electron chi connectivity index (χ4n) is 5.12. The molecule has 1 aromatic heterocycles. The molecule has 8 nitrogen and oxygen atoms in total. The lowest BCUT2D eigenvalue weighted by atomic mass is 10.1. The Morgan fingerprint density at radius 1 is 0.923 bits per heavy atom. The van der Waals surface area contributed by atoms with Gasteiger partial charge in [0.15, 0.2) is 0 Å². The van der Waals surface area contributed by atoms with E-state index in [-0.39, 0.29) is 12.6 Å². The minimum Gasteiger partial charge on any atom is -0.364 e. The van der Waals surface area contributed by atoms with E-state index < -0.39 is 10.0 Å². The van der Waals surface area contributed by atoms with Crippen LogP contribution in [0.2, 0.25) is 0 Å². The molecule has 0 amide bonds. The Morgan fingerprint density at radius 2 is 1.64 bits per heavy atom. The molecular formula is C30H28N6O2S. The molecule has 4 aromatic rings. The Bertz CT molecular complexity index is 1650. The molecule has 0 saturated heterocycles. The molecule has 39 heavy (non-hydrogen) atoms. The molecule has 0 spiro atoms. The topological polar surface area (TPSA) is 106 Å². The molecule has 0 bridgehead atoms. The highest BCUT2D eigenvalue weighted by atomic mass is 32.2. The Hall–Kier alpha value is -4.44. The van der Waals surface area contributed by atoms with Crippen molar-refractivity contribution in [2.24, 2.45) is 0 Å². The summed E-state index contributed by atoms with van der Waals surface area (Å²) in [6.45, 7) is 1.78. The third-order valence-corrected chi connectivity index (χ3v) is 8.32. The second-order valence-electron chi connectivity index (χ2n) is 9.81. The van der Waals surface area contributed by atoms with E-state index in [4.69, 9.17) is 5.26 Å². The molecular weight excluding hydrogens is 508 g/mol. The maximum Gasteiger partial charge on any atom is 0.211 e. The molecule has 1 atom stereocenters. The maximum atomic E-state index is 13.0. The number of sulfonamides is 1. The summed E-state index contributed by atoms with van der Waals surface area (Å²) in [6.07, 6.45) is 5.43. The first-order chi connectivity index (χ1) is 18.8. The number of hydrogen-bond acceptors (Lipinski definition) is 6. The van der Waals surface area contributed by atoms with E-state index in [2.05, 4.69) is 26.6 Å². The van der Waals surface area contributed by atoms with E-state index in [1.165, 1.54) is 6.26 Å². The van der Waals surface area contributed by atoms with Crippen LogP contribution in [0, 0.1) is 22.7 Å². The quantitative estimate of drug-likeness (QED) is 0.353. The Balaban J connectivity index is 1.51. The van der Waals surface area contributed by atoms with Crippen molar-refractivity contribution in [2.75, 3.05) is 17.7 Å². The number of aromatic nitrogens is 2. The number of nitriles is 2. The summed E-state index contributed by atoms with van der Waals surface area (Å²) in [5.74, 6) is 0. The standard InChI is InChI=1S/C30H28N6O2S/c1-39(37,38)36-19-27-13-26(16-32)11-12-30(27)34(20-28(36)14-23-5-3-2-4-6-23)21-29-17-33-22-35(29)18-25-9-7-24(15-31)8-10-25/h2-13,17,22,28H,14,18-21H2,1H3/t28-/m1/s1. The normalized spacial score (nSPS) is 15.7. The first kappa shape index (κ1) is 26.2. The minimum atomic E-state index is -3.54. The van der Waals surface area contributed by atoms with Crippen molar-refractivity contribution in [2.45, 2.75) is 32.1 Å². The van der Waals surface area contributed by atoms with Gasteiger partial charge in [-0.2, -0.15) is 14.8 Å². The zero-order valence-corrected chi connectivity index (χ0v) is 22.4. The van der Waals surface area contributed by atoms with Crippen molar-refractivity contribution in [1.82, 2.24) is 13.9 Å². The van der Waals surface area contributed by atoms with E-state index in [0.717, 1.165) is 28.1 Å². The summed E-state index contributed by atoms with van der Waals surface area (Å²) in [7, 11) is -3.54. The van der Waals surface area contributed by atoms with Crippen LogP contribution in [0.1, 0.15) is 33.5 Å². The fourth-order valence-corrected chi connectivity index (χ4v) is 6.18. The SMILES string of the molecule is CS(=O)(=O)N1Cc2cc(C#N)ccc2N(Cc2cncn2Cc2ccc(C#N)cc2)C[C@H]1Cc1ccccc1. The average Bonchev–Trinajstić information content (AvgIpc) is 3.30. The molecule has 0 fully saturated rings. The van der Waals surface area contributed by atoms with Gasteiger partial charge in [0.05, 0.1) is 48.1 Å². The van der Waals surface area contributed by atoms with Crippen LogP contribution in [-0.2, 0) is 36.1 Å². The van der Waals surface area contributed by atoms with Crippen LogP contribution in [0.4, 0.5) is 5.69 Å². The zero-order chi connectivity index (χ0) is 27.4. The van der Waals surface area contributed by atoms with Crippen molar-refractivity contribution in [3.8, 4) is 12.1 Å². The predicted molar refractivity (Wildman–Crippen MR) is 149 cm³/mol.